The lowest BCUT2D eigenvalue weighted by atomic mass is 10.1. The maximum absolute atomic E-state index is 9.06. The minimum atomic E-state index is -0.0491. The molecule has 1 N–H and O–H groups in total. The molecule has 2 rings (SSSR count). The number of nitrogens with zero attached hydrogens (tertiary/aromatic N) is 3. The molecule has 0 bridgehead atoms. The molecule has 5 heteroatoms. The molecule has 0 amide bonds. The number of aliphatic hydroxyl groups is 1. The van der Waals surface area contributed by atoms with Gasteiger partial charge in [-0.1, -0.05) is 17.8 Å². The van der Waals surface area contributed by atoms with E-state index in [1.807, 2.05) is 25.4 Å². The molecule has 17 heavy (non-hydrogen) atoms. The highest BCUT2D eigenvalue weighted by molar-refractivity contribution is 7.99. The van der Waals surface area contributed by atoms with Gasteiger partial charge in [-0.2, -0.15) is 10.4 Å². The molecule has 0 aliphatic rings. The van der Waals surface area contributed by atoms with Crippen molar-refractivity contribution in [3.05, 3.63) is 41.7 Å². The third kappa shape index (κ3) is 2.67. The fourth-order valence-corrected chi connectivity index (χ4v) is 2.34. The van der Waals surface area contributed by atoms with Gasteiger partial charge in [0.1, 0.15) is 6.07 Å². The van der Waals surface area contributed by atoms with Crippen LogP contribution in [0.4, 0.5) is 0 Å². The van der Waals surface area contributed by atoms with Gasteiger partial charge >= 0.3 is 0 Å². The lowest BCUT2D eigenvalue weighted by Gasteiger charge is -2.03. The summed E-state index contributed by atoms with van der Waals surface area (Å²) >= 11 is 1.49. The average molecular weight is 245 g/mol. The van der Waals surface area contributed by atoms with E-state index in [1.165, 1.54) is 11.8 Å². The predicted octanol–water partition coefficient (Wildman–Crippen LogP) is 1.94. The van der Waals surface area contributed by atoms with Crippen LogP contribution >= 0.6 is 11.8 Å². The Morgan fingerprint density at radius 1 is 1.53 bits per heavy atom. The van der Waals surface area contributed by atoms with E-state index in [-0.39, 0.29) is 6.61 Å². The zero-order chi connectivity index (χ0) is 12.3. The predicted molar refractivity (Wildman–Crippen MR) is 64.4 cm³/mol. The molecule has 0 aliphatic carbocycles. The first-order valence-electron chi connectivity index (χ1n) is 5.03. The lowest BCUT2D eigenvalue weighted by molar-refractivity contribution is 0.281. The summed E-state index contributed by atoms with van der Waals surface area (Å²) in [7, 11) is 1.85. The number of benzene rings is 1. The van der Waals surface area contributed by atoms with E-state index in [0.29, 0.717) is 5.56 Å². The van der Waals surface area contributed by atoms with Crippen molar-refractivity contribution in [1.29, 1.82) is 5.26 Å². The van der Waals surface area contributed by atoms with E-state index in [2.05, 4.69) is 11.2 Å². The molecule has 0 saturated carbocycles. The molecule has 4 nitrogen and oxygen atoms in total. The van der Waals surface area contributed by atoms with Gasteiger partial charge in [0.2, 0.25) is 0 Å². The molecule has 0 saturated heterocycles. The molecular weight excluding hydrogens is 234 g/mol. The van der Waals surface area contributed by atoms with Crippen molar-refractivity contribution in [2.75, 3.05) is 0 Å². The molecule has 0 radical (unpaired) electrons. The summed E-state index contributed by atoms with van der Waals surface area (Å²) in [5, 5.41) is 22.1. The smallest absolute Gasteiger partial charge is 0.100 e. The minimum Gasteiger partial charge on any atom is -0.392 e. The van der Waals surface area contributed by atoms with E-state index in [4.69, 9.17) is 10.4 Å². The second-order valence-corrected chi connectivity index (χ2v) is 4.67. The standard InChI is InChI=1S/C12H11N3OS/c1-15-7-11(6-14-15)17-12-3-2-9(8-16)4-10(12)5-13/h2-4,6-7,16H,8H2,1H3. The maximum Gasteiger partial charge on any atom is 0.100 e. The monoisotopic (exact) mass is 245 g/mol. The zero-order valence-electron chi connectivity index (χ0n) is 9.29. The van der Waals surface area contributed by atoms with Crippen molar-refractivity contribution < 1.29 is 5.11 Å². The van der Waals surface area contributed by atoms with Crippen LogP contribution in [0.3, 0.4) is 0 Å². The maximum atomic E-state index is 9.06. The summed E-state index contributed by atoms with van der Waals surface area (Å²) in [5.74, 6) is 0. The van der Waals surface area contributed by atoms with Crippen LogP contribution < -0.4 is 0 Å². The van der Waals surface area contributed by atoms with Gasteiger partial charge < -0.3 is 5.11 Å². The van der Waals surface area contributed by atoms with Crippen LogP contribution in [0.1, 0.15) is 11.1 Å². The van der Waals surface area contributed by atoms with Crippen LogP contribution in [0.25, 0.3) is 0 Å². The molecule has 0 fully saturated rings. The highest BCUT2D eigenvalue weighted by Gasteiger charge is 2.06. The van der Waals surface area contributed by atoms with Crippen LogP contribution in [0, 0.1) is 11.3 Å². The number of aromatic nitrogens is 2. The Balaban J connectivity index is 2.30. The second-order valence-electron chi connectivity index (χ2n) is 3.55. The Bertz CT molecular complexity index is 571. The van der Waals surface area contributed by atoms with Gasteiger partial charge in [0, 0.05) is 18.1 Å². The van der Waals surface area contributed by atoms with Crippen molar-refractivity contribution in [3.63, 3.8) is 0 Å². The van der Waals surface area contributed by atoms with Crippen molar-refractivity contribution >= 4 is 11.8 Å². The third-order valence-corrected chi connectivity index (χ3v) is 3.28. The van der Waals surface area contributed by atoms with E-state index >= 15 is 0 Å². The van der Waals surface area contributed by atoms with Crippen LogP contribution in [-0.2, 0) is 13.7 Å². The van der Waals surface area contributed by atoms with Gasteiger partial charge in [-0.25, -0.2) is 0 Å². The van der Waals surface area contributed by atoms with Gasteiger partial charge in [0.15, 0.2) is 0 Å². The average Bonchev–Trinajstić information content (AvgIpc) is 2.75. The Kier molecular flexibility index (Phi) is 3.47. The van der Waals surface area contributed by atoms with Crippen molar-refractivity contribution in [3.8, 4) is 6.07 Å². The van der Waals surface area contributed by atoms with Crippen LogP contribution in [-0.4, -0.2) is 14.9 Å². The van der Waals surface area contributed by atoms with E-state index < -0.39 is 0 Å². The summed E-state index contributed by atoms with van der Waals surface area (Å²) in [6.07, 6.45) is 3.65. The van der Waals surface area contributed by atoms with Gasteiger partial charge in [-0.3, -0.25) is 4.68 Å². The fourth-order valence-electron chi connectivity index (χ4n) is 1.43. The molecule has 86 valence electrons. The fraction of sp³-hybridized carbons (Fsp3) is 0.167. The van der Waals surface area contributed by atoms with Gasteiger partial charge in [0.25, 0.3) is 0 Å². The first-order valence-corrected chi connectivity index (χ1v) is 5.85. The Labute approximate surface area is 104 Å². The van der Waals surface area contributed by atoms with Crippen LogP contribution in [0.2, 0.25) is 0 Å². The van der Waals surface area contributed by atoms with Crippen molar-refractivity contribution in [2.45, 2.75) is 16.4 Å². The minimum absolute atomic E-state index is 0.0491. The summed E-state index contributed by atoms with van der Waals surface area (Å²) in [4.78, 5) is 1.86. The van der Waals surface area contributed by atoms with Gasteiger partial charge in [-0.15, -0.1) is 0 Å². The Hall–Kier alpha value is -1.77. The van der Waals surface area contributed by atoms with Crippen LogP contribution in [0.15, 0.2) is 40.4 Å². The third-order valence-electron chi connectivity index (χ3n) is 2.26. The van der Waals surface area contributed by atoms with Crippen molar-refractivity contribution in [1.82, 2.24) is 9.78 Å². The van der Waals surface area contributed by atoms with Gasteiger partial charge in [-0.05, 0) is 17.7 Å². The molecule has 2 aromatic rings. The highest BCUT2D eigenvalue weighted by atomic mass is 32.2. The van der Waals surface area contributed by atoms with Crippen LogP contribution in [0.5, 0.6) is 0 Å². The number of aryl methyl sites for hydroxylation is 1. The first-order chi connectivity index (χ1) is 8.22. The van der Waals surface area contributed by atoms with Crippen molar-refractivity contribution in [2.24, 2.45) is 7.05 Å². The number of aliphatic hydroxyl groups excluding tert-OH is 1. The molecule has 0 spiro atoms. The molecule has 1 aromatic carbocycles. The molecule has 0 atom stereocenters. The quantitative estimate of drug-likeness (QED) is 0.897. The number of hydrogen-bond donors (Lipinski definition) is 1. The summed E-state index contributed by atoms with van der Waals surface area (Å²) in [6.45, 7) is -0.0491. The second kappa shape index (κ2) is 5.04. The molecule has 0 unspecified atom stereocenters. The molecule has 0 aliphatic heterocycles. The van der Waals surface area contributed by atoms with E-state index in [9.17, 15) is 0 Å². The SMILES string of the molecule is Cn1cc(Sc2ccc(CO)cc2C#N)cn1. The zero-order valence-corrected chi connectivity index (χ0v) is 10.1. The summed E-state index contributed by atoms with van der Waals surface area (Å²) < 4.78 is 1.72. The molecular formula is C12H11N3OS. The lowest BCUT2D eigenvalue weighted by Crippen LogP contribution is -1.87. The topological polar surface area (TPSA) is 61.8 Å². The number of rotatable bonds is 3. The summed E-state index contributed by atoms with van der Waals surface area (Å²) in [5.41, 5.74) is 1.32. The largest absolute Gasteiger partial charge is 0.392 e. The van der Waals surface area contributed by atoms with E-state index in [0.717, 1.165) is 15.4 Å². The summed E-state index contributed by atoms with van der Waals surface area (Å²) in [6, 6.07) is 7.51. The molecule has 1 heterocycles. The first kappa shape index (κ1) is 11.7. The Morgan fingerprint density at radius 2 is 2.35 bits per heavy atom. The van der Waals surface area contributed by atoms with E-state index in [1.54, 1.807) is 16.9 Å². The normalized spacial score (nSPS) is 10.2. The number of hydrogen-bond acceptors (Lipinski definition) is 4. The highest BCUT2D eigenvalue weighted by Crippen LogP contribution is 2.30. The molecule has 1 aromatic heterocycles. The number of nitriles is 1. The van der Waals surface area contributed by atoms with Gasteiger partial charge in [0.05, 0.1) is 23.3 Å². The Morgan fingerprint density at radius 3 is 2.94 bits per heavy atom.